The molecular formula is C19H16N4O3. The van der Waals surface area contributed by atoms with E-state index in [2.05, 4.69) is 15.5 Å². The van der Waals surface area contributed by atoms with Gasteiger partial charge in [-0.15, -0.1) is 0 Å². The highest BCUT2D eigenvalue weighted by Crippen LogP contribution is 2.20. The number of carbonyl (C=O) groups excluding carboxylic acids is 1. The molecule has 0 saturated carbocycles. The van der Waals surface area contributed by atoms with Crippen molar-refractivity contribution in [3.63, 3.8) is 0 Å². The molecule has 0 fully saturated rings. The number of nitrogens with zero attached hydrogens (tertiary/aromatic N) is 3. The van der Waals surface area contributed by atoms with Gasteiger partial charge in [-0.25, -0.2) is 0 Å². The molecule has 1 N–H and O–H groups in total. The molecule has 0 bridgehead atoms. The van der Waals surface area contributed by atoms with Gasteiger partial charge in [0.15, 0.2) is 0 Å². The predicted molar refractivity (Wildman–Crippen MR) is 94.4 cm³/mol. The van der Waals surface area contributed by atoms with Crippen molar-refractivity contribution in [2.24, 2.45) is 0 Å². The Balaban J connectivity index is 1.55. The lowest BCUT2D eigenvalue weighted by Gasteiger charge is -2.03. The van der Waals surface area contributed by atoms with E-state index in [0.29, 0.717) is 29.4 Å². The molecule has 1 aromatic heterocycles. The number of rotatable bonds is 6. The topological polar surface area (TPSA) is 101 Å². The number of benzene rings is 2. The van der Waals surface area contributed by atoms with Crippen molar-refractivity contribution in [1.82, 2.24) is 10.1 Å². The highest BCUT2D eigenvalue weighted by Gasteiger charge is 2.11. The average Bonchev–Trinajstić information content (AvgIpc) is 3.16. The molecule has 26 heavy (non-hydrogen) atoms. The monoisotopic (exact) mass is 348 g/mol. The minimum Gasteiger partial charge on any atom is -0.497 e. The van der Waals surface area contributed by atoms with Gasteiger partial charge >= 0.3 is 0 Å². The van der Waals surface area contributed by atoms with E-state index in [1.54, 1.807) is 31.4 Å². The van der Waals surface area contributed by atoms with E-state index in [1.165, 1.54) is 0 Å². The van der Waals surface area contributed by atoms with E-state index in [9.17, 15) is 4.79 Å². The molecule has 3 aromatic rings. The number of nitriles is 1. The van der Waals surface area contributed by atoms with Gasteiger partial charge in [0.1, 0.15) is 5.75 Å². The van der Waals surface area contributed by atoms with Gasteiger partial charge in [-0.3, -0.25) is 4.79 Å². The van der Waals surface area contributed by atoms with E-state index in [-0.39, 0.29) is 12.3 Å². The molecule has 0 aliphatic rings. The zero-order valence-electron chi connectivity index (χ0n) is 14.1. The maximum atomic E-state index is 12.0. The standard InChI is InChI=1S/C19H16N4O3/c1-25-16-8-4-14(5-9-16)19-22-18(26-23-19)11-10-17(24)21-15-6-2-13(12-20)3-7-15/h2-9H,10-11H2,1H3,(H,21,24). The minimum atomic E-state index is -0.168. The molecule has 0 spiro atoms. The van der Waals surface area contributed by atoms with E-state index in [1.807, 2.05) is 30.3 Å². The van der Waals surface area contributed by atoms with Crippen LogP contribution in [-0.4, -0.2) is 23.2 Å². The first-order valence-corrected chi connectivity index (χ1v) is 7.95. The second kappa shape index (κ2) is 7.94. The quantitative estimate of drug-likeness (QED) is 0.734. The fraction of sp³-hybridized carbons (Fsp3) is 0.158. The number of anilines is 1. The Morgan fingerprint density at radius 3 is 2.58 bits per heavy atom. The number of methoxy groups -OCH3 is 1. The molecule has 2 aromatic carbocycles. The maximum Gasteiger partial charge on any atom is 0.227 e. The fourth-order valence-corrected chi connectivity index (χ4v) is 2.29. The number of ether oxygens (including phenoxy) is 1. The number of hydrogen-bond donors (Lipinski definition) is 1. The predicted octanol–water partition coefficient (Wildman–Crippen LogP) is 3.19. The Morgan fingerprint density at radius 1 is 1.19 bits per heavy atom. The Kier molecular flexibility index (Phi) is 5.25. The van der Waals surface area contributed by atoms with Crippen molar-refractivity contribution in [2.75, 3.05) is 12.4 Å². The van der Waals surface area contributed by atoms with Gasteiger partial charge in [0.05, 0.1) is 18.7 Å². The third kappa shape index (κ3) is 4.24. The van der Waals surface area contributed by atoms with Gasteiger partial charge in [-0.2, -0.15) is 10.2 Å². The van der Waals surface area contributed by atoms with Crippen LogP contribution in [0.1, 0.15) is 17.9 Å². The highest BCUT2D eigenvalue weighted by atomic mass is 16.5. The van der Waals surface area contributed by atoms with Crippen molar-refractivity contribution in [3.05, 3.63) is 60.0 Å². The van der Waals surface area contributed by atoms with E-state index in [0.717, 1.165) is 11.3 Å². The molecule has 0 aliphatic heterocycles. The average molecular weight is 348 g/mol. The van der Waals surface area contributed by atoms with Gasteiger partial charge in [0.25, 0.3) is 0 Å². The van der Waals surface area contributed by atoms with Crippen LogP contribution in [0.4, 0.5) is 5.69 Å². The first kappa shape index (κ1) is 17.2. The summed E-state index contributed by atoms with van der Waals surface area (Å²) >= 11 is 0. The fourth-order valence-electron chi connectivity index (χ4n) is 2.29. The largest absolute Gasteiger partial charge is 0.497 e. The van der Waals surface area contributed by atoms with Gasteiger partial charge in [0, 0.05) is 24.1 Å². The summed E-state index contributed by atoms with van der Waals surface area (Å²) in [4.78, 5) is 16.3. The number of carbonyl (C=O) groups is 1. The van der Waals surface area contributed by atoms with Crippen molar-refractivity contribution in [1.29, 1.82) is 5.26 Å². The molecule has 0 atom stereocenters. The van der Waals surface area contributed by atoms with Crippen LogP contribution in [0.2, 0.25) is 0 Å². The first-order valence-electron chi connectivity index (χ1n) is 7.95. The molecule has 0 unspecified atom stereocenters. The van der Waals surface area contributed by atoms with Gasteiger partial charge < -0.3 is 14.6 Å². The zero-order chi connectivity index (χ0) is 18.4. The molecular weight excluding hydrogens is 332 g/mol. The lowest BCUT2D eigenvalue weighted by atomic mass is 10.2. The molecule has 0 saturated heterocycles. The lowest BCUT2D eigenvalue weighted by molar-refractivity contribution is -0.116. The third-order valence-electron chi connectivity index (χ3n) is 3.68. The Labute approximate surface area is 150 Å². The molecule has 3 rings (SSSR count). The van der Waals surface area contributed by atoms with Gasteiger partial charge in [0.2, 0.25) is 17.6 Å². The van der Waals surface area contributed by atoms with Crippen LogP contribution in [0.3, 0.4) is 0 Å². The Morgan fingerprint density at radius 2 is 1.92 bits per heavy atom. The normalized spacial score (nSPS) is 10.2. The molecule has 7 nitrogen and oxygen atoms in total. The highest BCUT2D eigenvalue weighted by molar-refractivity contribution is 5.90. The van der Waals surface area contributed by atoms with Crippen molar-refractivity contribution in [2.45, 2.75) is 12.8 Å². The molecule has 0 aliphatic carbocycles. The van der Waals surface area contributed by atoms with E-state index < -0.39 is 0 Å². The van der Waals surface area contributed by atoms with Crippen molar-refractivity contribution >= 4 is 11.6 Å². The second-order valence-corrected chi connectivity index (χ2v) is 5.48. The van der Waals surface area contributed by atoms with E-state index in [4.69, 9.17) is 14.5 Å². The second-order valence-electron chi connectivity index (χ2n) is 5.48. The van der Waals surface area contributed by atoms with Crippen molar-refractivity contribution < 1.29 is 14.1 Å². The summed E-state index contributed by atoms with van der Waals surface area (Å²) in [5.74, 6) is 1.44. The maximum absolute atomic E-state index is 12.0. The van der Waals surface area contributed by atoms with Crippen LogP contribution in [0, 0.1) is 11.3 Å². The minimum absolute atomic E-state index is 0.168. The molecule has 1 heterocycles. The lowest BCUT2D eigenvalue weighted by Crippen LogP contribution is -2.12. The number of aromatic nitrogens is 2. The first-order chi connectivity index (χ1) is 12.7. The summed E-state index contributed by atoms with van der Waals surface area (Å²) in [5.41, 5.74) is 1.99. The summed E-state index contributed by atoms with van der Waals surface area (Å²) in [6.45, 7) is 0. The third-order valence-corrected chi connectivity index (χ3v) is 3.68. The van der Waals surface area contributed by atoms with Crippen LogP contribution in [0.25, 0.3) is 11.4 Å². The Hall–Kier alpha value is -3.66. The number of nitrogens with one attached hydrogen (secondary N) is 1. The summed E-state index contributed by atoms with van der Waals surface area (Å²) in [5, 5.41) is 15.5. The van der Waals surface area contributed by atoms with Crippen LogP contribution in [-0.2, 0) is 11.2 Å². The van der Waals surface area contributed by atoms with Crippen LogP contribution in [0.15, 0.2) is 53.1 Å². The SMILES string of the molecule is COc1ccc(-c2noc(CCC(=O)Nc3ccc(C#N)cc3)n2)cc1. The molecule has 1 amide bonds. The summed E-state index contributed by atoms with van der Waals surface area (Å²) in [6, 6.07) is 16.0. The van der Waals surface area contributed by atoms with Gasteiger partial charge in [-0.05, 0) is 48.5 Å². The molecule has 7 heteroatoms. The smallest absolute Gasteiger partial charge is 0.227 e. The van der Waals surface area contributed by atoms with E-state index >= 15 is 0 Å². The summed E-state index contributed by atoms with van der Waals surface area (Å²) in [6.07, 6.45) is 0.551. The zero-order valence-corrected chi connectivity index (χ0v) is 14.1. The van der Waals surface area contributed by atoms with Crippen LogP contribution in [0.5, 0.6) is 5.75 Å². The number of amides is 1. The number of aryl methyl sites for hydroxylation is 1. The Bertz CT molecular complexity index is 925. The van der Waals surface area contributed by atoms with Crippen LogP contribution < -0.4 is 10.1 Å². The summed E-state index contributed by atoms with van der Waals surface area (Å²) in [7, 11) is 1.60. The van der Waals surface area contributed by atoms with Crippen LogP contribution >= 0.6 is 0 Å². The van der Waals surface area contributed by atoms with Gasteiger partial charge in [-0.1, -0.05) is 5.16 Å². The van der Waals surface area contributed by atoms with Crippen molar-refractivity contribution in [3.8, 4) is 23.2 Å². The number of hydrogen-bond acceptors (Lipinski definition) is 6. The molecule has 0 radical (unpaired) electrons. The molecule has 130 valence electrons. The summed E-state index contributed by atoms with van der Waals surface area (Å²) < 4.78 is 10.3.